The predicted molar refractivity (Wildman–Crippen MR) is 128 cm³/mol. The minimum atomic E-state index is -4.01. The zero-order valence-electron chi connectivity index (χ0n) is 19.1. The smallest absolute Gasteiger partial charge is 0.339 e. The molecule has 176 valence electrons. The highest BCUT2D eigenvalue weighted by molar-refractivity contribution is 7.87. The highest BCUT2D eigenvalue weighted by Crippen LogP contribution is 2.49. The third-order valence-corrected chi connectivity index (χ3v) is 8.09. The van der Waals surface area contributed by atoms with Crippen molar-refractivity contribution in [2.75, 3.05) is 6.54 Å². The summed E-state index contributed by atoms with van der Waals surface area (Å²) in [5.74, 6) is -0.192. The fourth-order valence-corrected chi connectivity index (χ4v) is 6.38. The molecule has 6 nitrogen and oxygen atoms in total. The number of hydrogen-bond acceptors (Lipinski definition) is 6. The van der Waals surface area contributed by atoms with Crippen molar-refractivity contribution in [3.63, 3.8) is 0 Å². The molecule has 0 amide bonds. The molecule has 1 aliphatic heterocycles. The zero-order chi connectivity index (χ0) is 23.9. The molecule has 0 fully saturated rings. The molecule has 3 aliphatic rings. The topological polar surface area (TPSA) is 80.8 Å². The van der Waals surface area contributed by atoms with Crippen LogP contribution in [0.4, 0.5) is 0 Å². The quantitative estimate of drug-likeness (QED) is 0.571. The van der Waals surface area contributed by atoms with E-state index in [0.717, 1.165) is 37.1 Å². The summed E-state index contributed by atoms with van der Waals surface area (Å²) < 4.78 is 31.0. The van der Waals surface area contributed by atoms with Crippen molar-refractivity contribution in [1.29, 1.82) is 0 Å². The van der Waals surface area contributed by atoms with Crippen molar-refractivity contribution < 1.29 is 22.2 Å². The summed E-state index contributed by atoms with van der Waals surface area (Å²) in [5.41, 5.74) is 4.11. The van der Waals surface area contributed by atoms with Gasteiger partial charge in [0.2, 0.25) is 0 Å². The number of carbonyl (C=O) groups excluding carboxylic acids is 2. The molecule has 0 saturated carbocycles. The Morgan fingerprint density at radius 1 is 0.853 bits per heavy atom. The van der Waals surface area contributed by atoms with Crippen LogP contribution in [0.15, 0.2) is 82.0 Å². The van der Waals surface area contributed by atoms with Gasteiger partial charge in [-0.05, 0) is 62.4 Å². The minimum absolute atomic E-state index is 0.0663. The van der Waals surface area contributed by atoms with Gasteiger partial charge in [-0.1, -0.05) is 30.3 Å². The summed E-state index contributed by atoms with van der Waals surface area (Å²) >= 11 is 0. The van der Waals surface area contributed by atoms with Gasteiger partial charge in [-0.15, -0.1) is 0 Å². The molecule has 0 radical (unpaired) electrons. The van der Waals surface area contributed by atoms with Crippen LogP contribution < -0.4 is 4.18 Å². The molecule has 0 spiro atoms. The van der Waals surface area contributed by atoms with Gasteiger partial charge < -0.3 is 9.08 Å². The molecule has 0 atom stereocenters. The van der Waals surface area contributed by atoms with Crippen LogP contribution in [-0.4, -0.2) is 31.4 Å². The van der Waals surface area contributed by atoms with E-state index in [2.05, 4.69) is 11.8 Å². The van der Waals surface area contributed by atoms with E-state index < -0.39 is 16.0 Å². The largest absolute Gasteiger partial charge is 0.379 e. The normalized spacial score (nSPS) is 19.3. The van der Waals surface area contributed by atoms with Gasteiger partial charge in [-0.25, -0.2) is 0 Å². The van der Waals surface area contributed by atoms with Crippen molar-refractivity contribution in [3.8, 4) is 5.75 Å². The molecule has 0 unspecified atom stereocenters. The maximum atomic E-state index is 13.2. The summed E-state index contributed by atoms with van der Waals surface area (Å²) in [5, 5.41) is 0. The van der Waals surface area contributed by atoms with Gasteiger partial charge in [-0.2, -0.15) is 8.42 Å². The Morgan fingerprint density at radius 3 is 2.06 bits per heavy atom. The molecule has 0 saturated heterocycles. The van der Waals surface area contributed by atoms with Crippen molar-refractivity contribution in [1.82, 2.24) is 4.90 Å². The summed E-state index contributed by atoms with van der Waals surface area (Å²) in [6.45, 7) is 2.76. The molecule has 2 aromatic carbocycles. The van der Waals surface area contributed by atoms with E-state index in [1.807, 2.05) is 6.07 Å². The van der Waals surface area contributed by atoms with Gasteiger partial charge >= 0.3 is 10.1 Å². The third kappa shape index (κ3) is 3.88. The Morgan fingerprint density at radius 2 is 1.47 bits per heavy atom. The van der Waals surface area contributed by atoms with Crippen LogP contribution in [0.1, 0.15) is 56.9 Å². The van der Waals surface area contributed by atoms with E-state index in [0.29, 0.717) is 36.1 Å². The molecule has 1 heterocycles. The second-order valence-electron chi connectivity index (χ2n) is 8.87. The molecule has 0 bridgehead atoms. The molecular formula is C27H27NO5S. The molecule has 0 aromatic heterocycles. The number of carbonyl (C=O) groups is 2. The van der Waals surface area contributed by atoms with Gasteiger partial charge in [0.1, 0.15) is 10.6 Å². The monoisotopic (exact) mass is 477 g/mol. The number of hydrogen-bond donors (Lipinski definition) is 0. The van der Waals surface area contributed by atoms with Crippen molar-refractivity contribution in [2.24, 2.45) is 0 Å². The molecule has 7 heteroatoms. The highest BCUT2D eigenvalue weighted by atomic mass is 32.2. The van der Waals surface area contributed by atoms with Crippen LogP contribution in [-0.2, 0) is 19.7 Å². The molecule has 2 aliphatic carbocycles. The second-order valence-corrected chi connectivity index (χ2v) is 10.4. The fourth-order valence-electron chi connectivity index (χ4n) is 5.44. The third-order valence-electron chi connectivity index (χ3n) is 6.83. The lowest BCUT2D eigenvalue weighted by Crippen LogP contribution is -2.39. The summed E-state index contributed by atoms with van der Waals surface area (Å²) in [6, 6.07) is 14.8. The Hall–Kier alpha value is -3.19. The summed E-state index contributed by atoms with van der Waals surface area (Å²) in [7, 11) is -4.01. The predicted octanol–water partition coefficient (Wildman–Crippen LogP) is 4.89. The number of allylic oxidation sites excluding steroid dienone is 4. The lowest BCUT2D eigenvalue weighted by molar-refractivity contribution is -0.117. The Bertz CT molecular complexity index is 1280. The Kier molecular flexibility index (Phi) is 5.90. The zero-order valence-corrected chi connectivity index (χ0v) is 19.9. The van der Waals surface area contributed by atoms with Crippen LogP contribution >= 0.6 is 0 Å². The van der Waals surface area contributed by atoms with Crippen LogP contribution in [0.25, 0.3) is 0 Å². The van der Waals surface area contributed by atoms with Crippen LogP contribution in [0.2, 0.25) is 0 Å². The Balaban J connectivity index is 1.61. The number of ketones is 2. The first-order chi connectivity index (χ1) is 16.4. The number of benzene rings is 2. The molecule has 5 rings (SSSR count). The molecule has 0 N–H and O–H groups in total. The van der Waals surface area contributed by atoms with Crippen LogP contribution in [0.3, 0.4) is 0 Å². The first-order valence-corrected chi connectivity index (χ1v) is 13.2. The van der Waals surface area contributed by atoms with Crippen molar-refractivity contribution >= 4 is 21.7 Å². The maximum absolute atomic E-state index is 13.2. The minimum Gasteiger partial charge on any atom is -0.379 e. The number of Topliss-reactive ketones (excluding diaryl/α,β-unsaturated/α-hetero) is 2. The lowest BCUT2D eigenvalue weighted by atomic mass is 9.71. The summed E-state index contributed by atoms with van der Waals surface area (Å²) in [6.07, 6.45) is 4.13. The SMILES string of the molecule is CCN1C2=C(C(=O)CCC2)C(c2cccc(OS(=O)(=O)c3ccccc3)c2)C2=C1CCCC2=O. The second kappa shape index (κ2) is 8.87. The van der Waals surface area contributed by atoms with E-state index >= 15 is 0 Å². The first-order valence-electron chi connectivity index (χ1n) is 11.8. The van der Waals surface area contributed by atoms with E-state index in [1.165, 1.54) is 12.1 Å². The first kappa shape index (κ1) is 22.6. The van der Waals surface area contributed by atoms with Gasteiger partial charge in [0.15, 0.2) is 11.6 Å². The average Bonchev–Trinajstić information content (AvgIpc) is 2.83. The maximum Gasteiger partial charge on any atom is 0.339 e. The van der Waals surface area contributed by atoms with E-state index in [-0.39, 0.29) is 22.2 Å². The van der Waals surface area contributed by atoms with E-state index in [4.69, 9.17) is 4.18 Å². The standard InChI is InChI=1S/C27H27NO5S/c1-2-28-21-13-7-15-23(29)26(21)25(27-22(28)14-8-16-24(27)30)18-9-6-10-19(17-18)33-34(31,32)20-11-4-3-5-12-20/h3-6,9-12,17,25H,2,7-8,13-16H2,1H3. The van der Waals surface area contributed by atoms with Gasteiger partial charge in [0.25, 0.3) is 0 Å². The van der Waals surface area contributed by atoms with Crippen molar-refractivity contribution in [3.05, 3.63) is 82.7 Å². The molecular weight excluding hydrogens is 450 g/mol. The van der Waals surface area contributed by atoms with Gasteiger partial charge in [0.05, 0.1) is 0 Å². The van der Waals surface area contributed by atoms with Crippen LogP contribution in [0, 0.1) is 0 Å². The highest BCUT2D eigenvalue weighted by Gasteiger charge is 2.42. The molecule has 2 aromatic rings. The number of nitrogens with zero attached hydrogens (tertiary/aromatic N) is 1. The van der Waals surface area contributed by atoms with E-state index in [9.17, 15) is 18.0 Å². The summed E-state index contributed by atoms with van der Waals surface area (Å²) in [4.78, 5) is 28.7. The van der Waals surface area contributed by atoms with Crippen molar-refractivity contribution in [2.45, 2.75) is 56.3 Å². The Labute approximate surface area is 200 Å². The van der Waals surface area contributed by atoms with Crippen LogP contribution in [0.5, 0.6) is 5.75 Å². The average molecular weight is 478 g/mol. The van der Waals surface area contributed by atoms with E-state index in [1.54, 1.807) is 36.4 Å². The fraction of sp³-hybridized carbons (Fsp3) is 0.333. The van der Waals surface area contributed by atoms with Gasteiger partial charge in [-0.3, -0.25) is 9.59 Å². The number of rotatable bonds is 5. The lowest BCUT2D eigenvalue weighted by Gasteiger charge is -2.43. The van der Waals surface area contributed by atoms with Gasteiger partial charge in [0, 0.05) is 47.8 Å². The molecule has 34 heavy (non-hydrogen) atoms.